The Kier molecular flexibility index (Phi) is 28.4. The molecule has 55 heavy (non-hydrogen) atoms. The van der Waals surface area contributed by atoms with E-state index in [2.05, 4.69) is 19.2 Å². The van der Waals surface area contributed by atoms with Crippen LogP contribution in [0.25, 0.3) is 0 Å². The number of hydrogen-bond acceptors (Lipinski definition) is 5. The molecule has 0 heterocycles. The van der Waals surface area contributed by atoms with Gasteiger partial charge in [0.1, 0.15) is 5.75 Å². The van der Waals surface area contributed by atoms with Crippen LogP contribution in [0.2, 0.25) is 0 Å². The number of unbranched alkanes of at least 4 members (excludes halogenated alkanes) is 20. The van der Waals surface area contributed by atoms with Crippen molar-refractivity contribution < 1.29 is 75.6 Å². The average molecular weight is 809 g/mol. The third kappa shape index (κ3) is 22.0. The van der Waals surface area contributed by atoms with E-state index in [0.29, 0.717) is 12.2 Å². The van der Waals surface area contributed by atoms with E-state index in [1.165, 1.54) is 150 Å². The first-order chi connectivity index (χ1) is 25.9. The number of anilines is 1. The topological polar surface area (TPSA) is 92.8 Å². The van der Waals surface area contributed by atoms with Gasteiger partial charge in [0.25, 0.3) is 5.91 Å². The number of sulfonamides is 1. The van der Waals surface area contributed by atoms with Crippen LogP contribution in [0.4, 0.5) is 5.69 Å². The molecule has 1 N–H and O–H groups in total. The quantitative estimate of drug-likeness (QED) is 0.0466. The Morgan fingerprint density at radius 2 is 1.07 bits per heavy atom. The summed E-state index contributed by atoms with van der Waals surface area (Å²) < 4.78 is 34.0. The molecule has 1 unspecified atom stereocenters. The number of ketones is 1. The maximum atomic E-state index is 13.4. The van der Waals surface area contributed by atoms with Gasteiger partial charge in [-0.1, -0.05) is 175 Å². The van der Waals surface area contributed by atoms with Crippen molar-refractivity contribution in [2.45, 2.75) is 193 Å². The van der Waals surface area contributed by atoms with Crippen molar-refractivity contribution in [2.24, 2.45) is 5.41 Å². The molecular formula is C46H77KN2O5S. The van der Waals surface area contributed by atoms with Crippen molar-refractivity contribution in [1.29, 1.82) is 0 Å². The van der Waals surface area contributed by atoms with E-state index in [-0.39, 0.29) is 69.2 Å². The van der Waals surface area contributed by atoms with Crippen LogP contribution in [0.3, 0.4) is 0 Å². The van der Waals surface area contributed by atoms with E-state index in [4.69, 9.17) is 4.74 Å². The first-order valence-corrected chi connectivity index (χ1v) is 23.0. The molecule has 2 rings (SSSR count). The summed E-state index contributed by atoms with van der Waals surface area (Å²) in [6, 6.07) is 13.7. The summed E-state index contributed by atoms with van der Waals surface area (Å²) in [6.45, 7) is 10.2. The molecular weight excluding hydrogens is 732 g/mol. The number of hydrogen-bond donors (Lipinski definition) is 1. The molecule has 0 aliphatic carbocycles. The molecule has 308 valence electrons. The van der Waals surface area contributed by atoms with E-state index in [9.17, 15) is 18.0 Å². The monoisotopic (exact) mass is 809 g/mol. The van der Waals surface area contributed by atoms with Crippen molar-refractivity contribution in [3.63, 3.8) is 0 Å². The Bertz CT molecular complexity index is 1410. The molecule has 0 aliphatic heterocycles. The van der Waals surface area contributed by atoms with Gasteiger partial charge in [-0.15, -0.1) is 0 Å². The molecule has 0 aliphatic rings. The third-order valence-electron chi connectivity index (χ3n) is 10.4. The number of aryl methyl sites for hydroxylation is 1. The van der Waals surface area contributed by atoms with Gasteiger partial charge >= 0.3 is 51.4 Å². The van der Waals surface area contributed by atoms with Crippen LogP contribution in [0.1, 0.15) is 183 Å². The molecule has 0 aromatic heterocycles. The molecule has 0 spiro atoms. The van der Waals surface area contributed by atoms with Gasteiger partial charge in [-0.3, -0.25) is 9.59 Å². The Morgan fingerprint density at radius 3 is 1.51 bits per heavy atom. The van der Waals surface area contributed by atoms with E-state index >= 15 is 0 Å². The van der Waals surface area contributed by atoms with Crippen molar-refractivity contribution in [3.8, 4) is 5.75 Å². The fourth-order valence-electron chi connectivity index (χ4n) is 6.70. The number of rotatable bonds is 31. The average Bonchev–Trinajstić information content (AvgIpc) is 3.15. The van der Waals surface area contributed by atoms with E-state index in [1.54, 1.807) is 27.8 Å². The van der Waals surface area contributed by atoms with Crippen LogP contribution < -0.4 is 61.4 Å². The fraction of sp³-hybridized carbons (Fsp3) is 0.696. The molecule has 0 fully saturated rings. The Balaban J connectivity index is 0.0000151. The van der Waals surface area contributed by atoms with Crippen molar-refractivity contribution in [1.82, 2.24) is 4.31 Å². The zero-order chi connectivity index (χ0) is 39.7. The van der Waals surface area contributed by atoms with E-state index in [1.807, 2.05) is 24.3 Å². The summed E-state index contributed by atoms with van der Waals surface area (Å²) in [4.78, 5) is 27.0. The van der Waals surface area contributed by atoms with Gasteiger partial charge < -0.3 is 11.5 Å². The van der Waals surface area contributed by atoms with Gasteiger partial charge in [-0.2, -0.15) is 0 Å². The van der Waals surface area contributed by atoms with Gasteiger partial charge in [-0.25, -0.2) is 12.7 Å². The molecule has 0 saturated carbocycles. The molecule has 1 amide bonds. The smallest absolute Gasteiger partial charge is 1.00 e. The first kappa shape index (κ1) is 51.9. The second-order valence-corrected chi connectivity index (χ2v) is 18.5. The number of ether oxygens (including phenoxy) is 1. The number of carbonyl (C=O) groups is 2. The molecule has 0 bridgehead atoms. The van der Waals surface area contributed by atoms with Gasteiger partial charge in [0.05, 0.1) is 4.90 Å². The number of nitrogens with one attached hydrogen (secondary N) is 1. The number of amides is 1. The van der Waals surface area contributed by atoms with Crippen LogP contribution in [0.15, 0.2) is 53.4 Å². The second kappa shape index (κ2) is 30.0. The minimum absolute atomic E-state index is 0. The van der Waals surface area contributed by atoms with E-state index in [0.717, 1.165) is 32.1 Å². The van der Waals surface area contributed by atoms with Crippen LogP contribution in [-0.4, -0.2) is 44.1 Å². The minimum Gasteiger partial charge on any atom is -1.00 e. The molecule has 2 aromatic rings. The third-order valence-corrected chi connectivity index (χ3v) is 12.2. The predicted octanol–water partition coefficient (Wildman–Crippen LogP) is 9.59. The van der Waals surface area contributed by atoms with Gasteiger partial charge in [0, 0.05) is 24.7 Å². The van der Waals surface area contributed by atoms with Crippen molar-refractivity contribution >= 4 is 27.4 Å². The van der Waals surface area contributed by atoms with E-state index < -0.39 is 27.4 Å². The SMILES string of the molecule is CCCCCCCCCCCCCCCCCCN(C)S(=O)(=O)c1ccc(OC(C(=O)Nc2ccc(CCCCCCCC)cc2)C(=O)C(C)(C)C)cc1.[H-].[K+]. The summed E-state index contributed by atoms with van der Waals surface area (Å²) in [6.07, 6.45) is 27.5. The zero-order valence-electron chi connectivity index (χ0n) is 37.1. The first-order valence-electron chi connectivity index (χ1n) is 21.6. The van der Waals surface area contributed by atoms with Gasteiger partial charge in [-0.05, 0) is 61.2 Å². The summed E-state index contributed by atoms with van der Waals surface area (Å²) in [5.41, 5.74) is 0.977. The molecule has 7 nitrogen and oxygen atoms in total. The predicted molar refractivity (Wildman–Crippen MR) is 228 cm³/mol. The molecule has 0 radical (unpaired) electrons. The summed E-state index contributed by atoms with van der Waals surface area (Å²) in [7, 11) is -2.07. The Hall–Kier alpha value is -1.07. The number of benzene rings is 2. The van der Waals surface area contributed by atoms with Crippen LogP contribution in [0, 0.1) is 5.41 Å². The van der Waals surface area contributed by atoms with Crippen molar-refractivity contribution in [3.05, 3.63) is 54.1 Å². The molecule has 2 aromatic carbocycles. The Morgan fingerprint density at radius 1 is 0.655 bits per heavy atom. The summed E-state index contributed by atoms with van der Waals surface area (Å²) in [5.74, 6) is -0.676. The fourth-order valence-corrected chi connectivity index (χ4v) is 7.91. The van der Waals surface area contributed by atoms with Crippen LogP contribution in [-0.2, 0) is 26.0 Å². The summed E-state index contributed by atoms with van der Waals surface area (Å²) in [5, 5.41) is 2.85. The minimum atomic E-state index is -3.69. The summed E-state index contributed by atoms with van der Waals surface area (Å²) >= 11 is 0. The van der Waals surface area contributed by atoms with Gasteiger partial charge in [0.15, 0.2) is 5.78 Å². The number of Topliss-reactive ketones (excluding diaryl/α,β-unsaturated/α-hetero) is 1. The number of nitrogens with zero attached hydrogens (tertiary/aromatic N) is 1. The van der Waals surface area contributed by atoms with Gasteiger partial charge in [0.2, 0.25) is 16.1 Å². The standard InChI is InChI=1S/C46H76N2O5S.K.H/c1-7-9-11-13-15-16-17-18-19-20-21-22-23-24-26-28-38-48(6)54(51,52)42-36-34-41(35-37-42)53-43(44(49)46(3,4)5)45(50)47-40-32-30-39(31-33-40)29-27-25-14-12-10-8-2;;/h30-37,43H,7-29,38H2,1-6H3,(H,47,50);;/q;+1;-1. The second-order valence-electron chi connectivity index (χ2n) is 16.4. The maximum Gasteiger partial charge on any atom is 1.00 e. The maximum absolute atomic E-state index is 13.4. The molecule has 9 heteroatoms. The normalized spacial score (nSPS) is 12.3. The van der Waals surface area contributed by atoms with Crippen molar-refractivity contribution in [2.75, 3.05) is 18.9 Å². The Labute approximate surface area is 381 Å². The zero-order valence-corrected chi connectivity index (χ0v) is 40.0. The molecule has 1 atom stereocenters. The van der Waals surface area contributed by atoms with Crippen LogP contribution in [0.5, 0.6) is 5.75 Å². The number of carbonyl (C=O) groups excluding carboxylic acids is 2. The van der Waals surface area contributed by atoms with Crippen LogP contribution >= 0.6 is 0 Å². The molecule has 0 saturated heterocycles. The largest absolute Gasteiger partial charge is 1.00 e.